The number of benzene rings is 1. The summed E-state index contributed by atoms with van der Waals surface area (Å²) < 4.78 is 45.8. The van der Waals surface area contributed by atoms with E-state index in [1.54, 1.807) is 12.1 Å². The second-order valence-electron chi connectivity index (χ2n) is 4.09. The van der Waals surface area contributed by atoms with Crippen LogP contribution in [0.15, 0.2) is 36.5 Å². The highest BCUT2D eigenvalue weighted by atomic mass is 19.4. The van der Waals surface area contributed by atoms with Crippen molar-refractivity contribution in [2.24, 2.45) is 0 Å². The van der Waals surface area contributed by atoms with E-state index in [2.05, 4.69) is 9.72 Å². The van der Waals surface area contributed by atoms with Gasteiger partial charge in [0.05, 0.1) is 13.7 Å². The normalized spacial score (nSPS) is 11.3. The minimum absolute atomic E-state index is 0.214. The van der Waals surface area contributed by atoms with Gasteiger partial charge in [0.1, 0.15) is 5.75 Å². The quantitative estimate of drug-likeness (QED) is 0.942. The molecule has 0 fully saturated rings. The highest BCUT2D eigenvalue weighted by Gasteiger charge is 2.31. The summed E-state index contributed by atoms with van der Waals surface area (Å²) in [5, 5.41) is 9.36. The molecule has 1 N–H and O–H groups in total. The third-order valence-electron chi connectivity index (χ3n) is 2.72. The van der Waals surface area contributed by atoms with Crippen molar-refractivity contribution in [1.82, 2.24) is 4.98 Å². The Morgan fingerprint density at radius 3 is 2.62 bits per heavy atom. The Labute approximate surface area is 118 Å². The van der Waals surface area contributed by atoms with Gasteiger partial charge in [0.15, 0.2) is 0 Å². The Hall–Kier alpha value is -2.28. The fourth-order valence-corrected chi connectivity index (χ4v) is 1.92. The van der Waals surface area contributed by atoms with Crippen molar-refractivity contribution < 1.29 is 27.8 Å². The van der Waals surface area contributed by atoms with E-state index < -0.39 is 6.36 Å². The predicted molar refractivity (Wildman–Crippen MR) is 68.8 cm³/mol. The van der Waals surface area contributed by atoms with E-state index in [1.165, 1.54) is 31.5 Å². The van der Waals surface area contributed by atoms with Crippen LogP contribution in [0.2, 0.25) is 0 Å². The summed E-state index contributed by atoms with van der Waals surface area (Å²) in [6.45, 7) is -0.293. The molecule has 0 unspecified atom stereocenters. The van der Waals surface area contributed by atoms with Gasteiger partial charge >= 0.3 is 6.36 Å². The molecule has 2 aromatic rings. The van der Waals surface area contributed by atoms with Gasteiger partial charge in [-0.2, -0.15) is 0 Å². The first kappa shape index (κ1) is 15.1. The minimum Gasteiger partial charge on any atom is -0.481 e. The van der Waals surface area contributed by atoms with Crippen LogP contribution in [0, 0.1) is 0 Å². The van der Waals surface area contributed by atoms with Gasteiger partial charge in [-0.3, -0.25) is 0 Å². The molecule has 0 bridgehead atoms. The van der Waals surface area contributed by atoms with Gasteiger partial charge in [0, 0.05) is 11.8 Å². The lowest BCUT2D eigenvalue weighted by molar-refractivity contribution is -0.274. The van der Waals surface area contributed by atoms with Gasteiger partial charge in [-0.1, -0.05) is 12.1 Å². The molecule has 0 saturated carbocycles. The van der Waals surface area contributed by atoms with Gasteiger partial charge in [0.2, 0.25) is 5.88 Å². The van der Waals surface area contributed by atoms with Crippen molar-refractivity contribution in [3.63, 3.8) is 0 Å². The van der Waals surface area contributed by atoms with E-state index in [0.717, 1.165) is 0 Å². The number of aromatic nitrogens is 1. The van der Waals surface area contributed by atoms with Gasteiger partial charge in [0.25, 0.3) is 0 Å². The zero-order valence-corrected chi connectivity index (χ0v) is 11.0. The Morgan fingerprint density at radius 1 is 1.24 bits per heavy atom. The first-order valence-corrected chi connectivity index (χ1v) is 5.93. The molecule has 21 heavy (non-hydrogen) atoms. The van der Waals surface area contributed by atoms with Gasteiger partial charge in [-0.25, -0.2) is 4.98 Å². The molecular formula is C14H12F3NO3. The number of hydrogen-bond acceptors (Lipinski definition) is 4. The molecule has 0 aliphatic carbocycles. The van der Waals surface area contributed by atoms with Crippen LogP contribution in [0.1, 0.15) is 5.56 Å². The van der Waals surface area contributed by atoms with E-state index in [9.17, 15) is 18.3 Å². The first-order valence-electron chi connectivity index (χ1n) is 5.93. The van der Waals surface area contributed by atoms with Gasteiger partial charge in [-0.05, 0) is 29.3 Å². The fraction of sp³-hybridized carbons (Fsp3) is 0.214. The topological polar surface area (TPSA) is 51.6 Å². The fourth-order valence-electron chi connectivity index (χ4n) is 1.92. The van der Waals surface area contributed by atoms with Crippen LogP contribution in [-0.2, 0) is 6.61 Å². The maximum Gasteiger partial charge on any atom is 0.573 e. The molecule has 1 aromatic heterocycles. The van der Waals surface area contributed by atoms with Crippen LogP contribution < -0.4 is 9.47 Å². The monoisotopic (exact) mass is 299 g/mol. The average Bonchev–Trinajstić information content (AvgIpc) is 2.44. The molecule has 0 radical (unpaired) electrons. The lowest BCUT2D eigenvalue weighted by Gasteiger charge is -2.13. The third-order valence-corrected chi connectivity index (χ3v) is 2.72. The number of hydrogen-bond donors (Lipinski definition) is 1. The van der Waals surface area contributed by atoms with Crippen LogP contribution in [-0.4, -0.2) is 23.6 Å². The molecule has 7 heteroatoms. The Bertz CT molecular complexity index is 607. The second kappa shape index (κ2) is 6.01. The number of pyridine rings is 1. The number of ether oxygens (including phenoxy) is 2. The van der Waals surface area contributed by atoms with Crippen LogP contribution in [0.5, 0.6) is 11.6 Å². The van der Waals surface area contributed by atoms with Crippen molar-refractivity contribution in [2.75, 3.05) is 7.11 Å². The molecule has 0 aliphatic rings. The number of halogens is 3. The third kappa shape index (κ3) is 3.63. The molecule has 0 atom stereocenters. The SMILES string of the molecule is COc1nccc(CO)c1-c1cccc(OC(F)(F)F)c1. The summed E-state index contributed by atoms with van der Waals surface area (Å²) in [5.41, 5.74) is 1.33. The number of aliphatic hydroxyl groups is 1. The molecule has 1 aromatic carbocycles. The minimum atomic E-state index is -4.77. The van der Waals surface area contributed by atoms with Crippen molar-refractivity contribution in [3.8, 4) is 22.8 Å². The zero-order valence-electron chi connectivity index (χ0n) is 11.0. The number of nitrogens with zero attached hydrogens (tertiary/aromatic N) is 1. The Kier molecular flexibility index (Phi) is 4.32. The Morgan fingerprint density at radius 2 is 2.00 bits per heavy atom. The molecule has 112 valence electrons. The zero-order chi connectivity index (χ0) is 15.5. The lowest BCUT2D eigenvalue weighted by Crippen LogP contribution is -2.17. The maximum absolute atomic E-state index is 12.3. The first-order chi connectivity index (χ1) is 9.94. The summed E-state index contributed by atoms with van der Waals surface area (Å²) in [4.78, 5) is 3.99. The van der Waals surface area contributed by atoms with Gasteiger partial charge in [-0.15, -0.1) is 13.2 Å². The molecule has 0 amide bonds. The summed E-state index contributed by atoms with van der Waals surface area (Å²) in [7, 11) is 1.39. The van der Waals surface area contributed by atoms with Crippen molar-refractivity contribution in [2.45, 2.75) is 13.0 Å². The van der Waals surface area contributed by atoms with E-state index in [-0.39, 0.29) is 18.2 Å². The van der Waals surface area contributed by atoms with E-state index in [4.69, 9.17) is 4.74 Å². The Balaban J connectivity index is 2.50. The van der Waals surface area contributed by atoms with Gasteiger partial charge < -0.3 is 14.6 Å². The summed E-state index contributed by atoms with van der Waals surface area (Å²) in [6.07, 6.45) is -3.32. The summed E-state index contributed by atoms with van der Waals surface area (Å²) >= 11 is 0. The number of rotatable bonds is 4. The number of aliphatic hydroxyl groups excluding tert-OH is 1. The van der Waals surface area contributed by atoms with Crippen LogP contribution in [0.25, 0.3) is 11.1 Å². The molecular weight excluding hydrogens is 287 g/mol. The molecule has 0 aliphatic heterocycles. The highest BCUT2D eigenvalue weighted by molar-refractivity contribution is 5.73. The molecule has 0 spiro atoms. The highest BCUT2D eigenvalue weighted by Crippen LogP contribution is 2.34. The van der Waals surface area contributed by atoms with E-state index >= 15 is 0 Å². The van der Waals surface area contributed by atoms with Crippen LogP contribution in [0.3, 0.4) is 0 Å². The van der Waals surface area contributed by atoms with Crippen LogP contribution in [0.4, 0.5) is 13.2 Å². The van der Waals surface area contributed by atoms with E-state index in [0.29, 0.717) is 16.7 Å². The average molecular weight is 299 g/mol. The summed E-state index contributed by atoms with van der Waals surface area (Å²) in [6, 6.07) is 6.98. The maximum atomic E-state index is 12.3. The molecule has 4 nitrogen and oxygen atoms in total. The molecule has 0 saturated heterocycles. The lowest BCUT2D eigenvalue weighted by atomic mass is 10.0. The van der Waals surface area contributed by atoms with Crippen molar-refractivity contribution in [3.05, 3.63) is 42.1 Å². The van der Waals surface area contributed by atoms with Crippen LogP contribution >= 0.6 is 0 Å². The van der Waals surface area contributed by atoms with Crippen molar-refractivity contribution in [1.29, 1.82) is 0 Å². The van der Waals surface area contributed by atoms with E-state index in [1.807, 2.05) is 0 Å². The number of alkyl halides is 3. The molecule has 1 heterocycles. The second-order valence-corrected chi connectivity index (χ2v) is 4.09. The predicted octanol–water partition coefficient (Wildman–Crippen LogP) is 3.15. The standard InChI is InChI=1S/C14H12F3NO3/c1-20-13-12(10(8-19)5-6-18-13)9-3-2-4-11(7-9)21-14(15,16)17/h2-7,19H,8H2,1H3. The smallest absolute Gasteiger partial charge is 0.481 e. The molecule has 2 rings (SSSR count). The summed E-state index contributed by atoms with van der Waals surface area (Å²) in [5.74, 6) is -0.138. The largest absolute Gasteiger partial charge is 0.573 e. The number of methoxy groups -OCH3 is 1. The van der Waals surface area contributed by atoms with Crippen molar-refractivity contribution >= 4 is 0 Å².